The molecule has 0 fully saturated rings. The Morgan fingerprint density at radius 2 is 2.45 bits per heavy atom. The SMILES string of the molecule is CCOC1=NC=C(C)CC1C. The van der Waals surface area contributed by atoms with Gasteiger partial charge < -0.3 is 4.74 Å². The van der Waals surface area contributed by atoms with Crippen LogP contribution >= 0.6 is 0 Å². The Hall–Kier alpha value is -0.790. The zero-order valence-corrected chi connectivity index (χ0v) is 7.42. The van der Waals surface area contributed by atoms with Gasteiger partial charge in [-0.15, -0.1) is 0 Å². The minimum absolute atomic E-state index is 0.458. The molecule has 0 bridgehead atoms. The van der Waals surface area contributed by atoms with Crippen molar-refractivity contribution in [2.45, 2.75) is 27.2 Å². The molecule has 0 spiro atoms. The molecule has 2 heteroatoms. The number of rotatable bonds is 1. The summed E-state index contributed by atoms with van der Waals surface area (Å²) in [4.78, 5) is 4.21. The molecule has 11 heavy (non-hydrogen) atoms. The van der Waals surface area contributed by atoms with Gasteiger partial charge in [0.15, 0.2) is 5.90 Å². The Balaban J connectivity index is 2.62. The van der Waals surface area contributed by atoms with E-state index in [2.05, 4.69) is 18.8 Å². The topological polar surface area (TPSA) is 21.6 Å². The summed E-state index contributed by atoms with van der Waals surface area (Å²) in [5.41, 5.74) is 1.33. The van der Waals surface area contributed by atoms with Crippen LogP contribution in [0.4, 0.5) is 0 Å². The molecule has 0 saturated heterocycles. The lowest BCUT2D eigenvalue weighted by atomic mass is 10.0. The third-order valence-electron chi connectivity index (χ3n) is 1.75. The second-order valence-corrected chi connectivity index (χ2v) is 2.98. The Morgan fingerprint density at radius 1 is 1.73 bits per heavy atom. The van der Waals surface area contributed by atoms with E-state index < -0.39 is 0 Å². The fourth-order valence-corrected chi connectivity index (χ4v) is 1.25. The third kappa shape index (κ3) is 2.07. The van der Waals surface area contributed by atoms with Gasteiger partial charge in [0.1, 0.15) is 0 Å². The van der Waals surface area contributed by atoms with E-state index >= 15 is 0 Å². The average molecular weight is 153 g/mol. The van der Waals surface area contributed by atoms with Crippen molar-refractivity contribution < 1.29 is 4.74 Å². The highest BCUT2D eigenvalue weighted by Crippen LogP contribution is 2.18. The van der Waals surface area contributed by atoms with Crippen molar-refractivity contribution >= 4 is 5.90 Å². The van der Waals surface area contributed by atoms with Gasteiger partial charge in [-0.05, 0) is 20.3 Å². The standard InChI is InChI=1S/C9H15NO/c1-4-11-9-8(3)5-7(2)6-10-9/h6,8H,4-5H2,1-3H3. The van der Waals surface area contributed by atoms with Crippen LogP contribution in [0.1, 0.15) is 27.2 Å². The molecule has 1 heterocycles. The molecule has 1 aliphatic rings. The first kappa shape index (κ1) is 8.31. The summed E-state index contributed by atoms with van der Waals surface area (Å²) in [6, 6.07) is 0. The van der Waals surface area contributed by atoms with Crippen LogP contribution < -0.4 is 0 Å². The Morgan fingerprint density at radius 3 is 3.00 bits per heavy atom. The number of ether oxygens (including phenoxy) is 1. The van der Waals surface area contributed by atoms with E-state index in [4.69, 9.17) is 4.74 Å². The average Bonchev–Trinajstić information content (AvgIpc) is 1.95. The van der Waals surface area contributed by atoms with Crippen LogP contribution in [0.15, 0.2) is 16.8 Å². The van der Waals surface area contributed by atoms with Crippen molar-refractivity contribution in [3.8, 4) is 0 Å². The highest BCUT2D eigenvalue weighted by atomic mass is 16.5. The molecule has 0 N–H and O–H groups in total. The maximum Gasteiger partial charge on any atom is 0.191 e. The van der Waals surface area contributed by atoms with Crippen molar-refractivity contribution in [3.63, 3.8) is 0 Å². The van der Waals surface area contributed by atoms with Crippen molar-refractivity contribution in [1.29, 1.82) is 0 Å². The molecule has 0 aliphatic carbocycles. The molecule has 1 rings (SSSR count). The number of hydrogen-bond acceptors (Lipinski definition) is 2. The second-order valence-electron chi connectivity index (χ2n) is 2.98. The van der Waals surface area contributed by atoms with E-state index in [0.29, 0.717) is 5.92 Å². The molecular formula is C9H15NO. The van der Waals surface area contributed by atoms with Crippen molar-refractivity contribution in [1.82, 2.24) is 0 Å². The van der Waals surface area contributed by atoms with Gasteiger partial charge in [0.2, 0.25) is 0 Å². The molecule has 0 amide bonds. The Kier molecular flexibility index (Phi) is 2.69. The van der Waals surface area contributed by atoms with Crippen LogP contribution in [0.3, 0.4) is 0 Å². The molecule has 62 valence electrons. The largest absolute Gasteiger partial charge is 0.481 e. The fraction of sp³-hybridized carbons (Fsp3) is 0.667. The predicted molar refractivity (Wildman–Crippen MR) is 46.6 cm³/mol. The first-order valence-corrected chi connectivity index (χ1v) is 4.10. The first-order chi connectivity index (χ1) is 5.24. The third-order valence-corrected chi connectivity index (χ3v) is 1.75. The van der Waals surface area contributed by atoms with Crippen molar-refractivity contribution in [2.24, 2.45) is 10.9 Å². The minimum Gasteiger partial charge on any atom is -0.481 e. The van der Waals surface area contributed by atoms with E-state index in [1.807, 2.05) is 13.1 Å². The zero-order valence-electron chi connectivity index (χ0n) is 7.42. The number of aliphatic imine (C=N–C) groups is 1. The van der Waals surface area contributed by atoms with Gasteiger partial charge in [-0.1, -0.05) is 12.5 Å². The van der Waals surface area contributed by atoms with E-state index in [0.717, 1.165) is 18.9 Å². The molecule has 1 atom stereocenters. The normalized spacial score (nSPS) is 24.1. The van der Waals surface area contributed by atoms with Crippen LogP contribution in [0.25, 0.3) is 0 Å². The van der Waals surface area contributed by atoms with Crippen LogP contribution in [-0.4, -0.2) is 12.5 Å². The van der Waals surface area contributed by atoms with Gasteiger partial charge in [0, 0.05) is 12.1 Å². The van der Waals surface area contributed by atoms with Crippen LogP contribution in [0.5, 0.6) is 0 Å². The van der Waals surface area contributed by atoms with E-state index in [-0.39, 0.29) is 0 Å². The lowest BCUT2D eigenvalue weighted by Crippen LogP contribution is -2.17. The Bertz CT molecular complexity index is 194. The van der Waals surface area contributed by atoms with Gasteiger partial charge in [0.05, 0.1) is 6.61 Å². The number of hydrogen-bond donors (Lipinski definition) is 0. The summed E-state index contributed by atoms with van der Waals surface area (Å²) >= 11 is 0. The minimum atomic E-state index is 0.458. The molecule has 1 unspecified atom stereocenters. The highest BCUT2D eigenvalue weighted by Gasteiger charge is 2.14. The summed E-state index contributed by atoms with van der Waals surface area (Å²) < 4.78 is 5.35. The maximum atomic E-state index is 5.35. The Labute approximate surface area is 68.0 Å². The number of allylic oxidation sites excluding steroid dienone is 1. The van der Waals surface area contributed by atoms with Crippen LogP contribution in [0.2, 0.25) is 0 Å². The summed E-state index contributed by atoms with van der Waals surface area (Å²) in [6.07, 6.45) is 2.98. The monoisotopic (exact) mass is 153 g/mol. The molecule has 1 aliphatic heterocycles. The smallest absolute Gasteiger partial charge is 0.191 e. The lowest BCUT2D eigenvalue weighted by Gasteiger charge is -2.17. The molecule has 0 saturated carbocycles. The zero-order chi connectivity index (χ0) is 8.27. The van der Waals surface area contributed by atoms with Gasteiger partial charge >= 0.3 is 0 Å². The number of nitrogens with zero attached hydrogens (tertiary/aromatic N) is 1. The highest BCUT2D eigenvalue weighted by molar-refractivity contribution is 5.80. The van der Waals surface area contributed by atoms with Gasteiger partial charge in [-0.3, -0.25) is 0 Å². The van der Waals surface area contributed by atoms with Crippen LogP contribution in [-0.2, 0) is 4.74 Å². The summed E-state index contributed by atoms with van der Waals surface area (Å²) in [5.74, 6) is 1.35. The predicted octanol–water partition coefficient (Wildman–Crippen LogP) is 2.37. The van der Waals surface area contributed by atoms with E-state index in [9.17, 15) is 0 Å². The molecule has 0 aromatic heterocycles. The summed E-state index contributed by atoms with van der Waals surface area (Å²) in [5, 5.41) is 0. The van der Waals surface area contributed by atoms with Gasteiger partial charge in [-0.2, -0.15) is 0 Å². The molecule has 2 nitrogen and oxygen atoms in total. The second kappa shape index (κ2) is 3.56. The van der Waals surface area contributed by atoms with Gasteiger partial charge in [0.25, 0.3) is 0 Å². The van der Waals surface area contributed by atoms with Crippen molar-refractivity contribution in [2.75, 3.05) is 6.61 Å². The summed E-state index contributed by atoms with van der Waals surface area (Å²) in [6.45, 7) is 6.95. The molecule has 0 aromatic rings. The fourth-order valence-electron chi connectivity index (χ4n) is 1.25. The molecule has 0 radical (unpaired) electrons. The van der Waals surface area contributed by atoms with Crippen molar-refractivity contribution in [3.05, 3.63) is 11.8 Å². The van der Waals surface area contributed by atoms with Crippen LogP contribution in [0, 0.1) is 5.92 Å². The van der Waals surface area contributed by atoms with E-state index in [1.165, 1.54) is 5.57 Å². The lowest BCUT2D eigenvalue weighted by molar-refractivity contribution is 0.301. The van der Waals surface area contributed by atoms with E-state index in [1.54, 1.807) is 0 Å². The summed E-state index contributed by atoms with van der Waals surface area (Å²) in [7, 11) is 0. The molecular weight excluding hydrogens is 138 g/mol. The molecule has 0 aromatic carbocycles. The van der Waals surface area contributed by atoms with Gasteiger partial charge in [-0.25, -0.2) is 4.99 Å². The first-order valence-electron chi connectivity index (χ1n) is 4.10. The quantitative estimate of drug-likeness (QED) is 0.566. The maximum absolute atomic E-state index is 5.35.